The van der Waals surface area contributed by atoms with Crippen molar-refractivity contribution in [1.29, 1.82) is 0 Å². The van der Waals surface area contributed by atoms with Crippen LogP contribution in [0.2, 0.25) is 0 Å². The Labute approximate surface area is 213 Å². The van der Waals surface area contributed by atoms with E-state index in [4.69, 9.17) is 9.47 Å². The van der Waals surface area contributed by atoms with Gasteiger partial charge in [-0.25, -0.2) is 9.79 Å². The van der Waals surface area contributed by atoms with Gasteiger partial charge in [-0.05, 0) is 37.6 Å². The zero-order valence-electron chi connectivity index (χ0n) is 20.7. The molecule has 2 aromatic rings. The Morgan fingerprint density at radius 2 is 1.84 bits per heavy atom. The number of carbonyl (C=O) groups is 3. The van der Waals surface area contributed by atoms with Crippen LogP contribution in [0.25, 0.3) is 0 Å². The van der Waals surface area contributed by atoms with E-state index in [-0.39, 0.29) is 30.3 Å². The van der Waals surface area contributed by atoms with Crippen molar-refractivity contribution >= 4 is 29.2 Å². The number of ketones is 1. The molecule has 0 aliphatic carbocycles. The predicted molar refractivity (Wildman–Crippen MR) is 134 cm³/mol. The van der Waals surface area contributed by atoms with Crippen molar-refractivity contribution in [2.24, 2.45) is 10.9 Å². The molecule has 2 aromatic carbocycles. The maximum atomic E-state index is 12.8. The van der Waals surface area contributed by atoms with Gasteiger partial charge in [0.1, 0.15) is 17.4 Å². The van der Waals surface area contributed by atoms with Gasteiger partial charge in [-0.2, -0.15) is 0 Å². The zero-order valence-corrected chi connectivity index (χ0v) is 20.7. The fraction of sp³-hybridized carbons (Fsp3) is 0.360. The van der Waals surface area contributed by atoms with Crippen LogP contribution in [0.4, 0.5) is 10.5 Å². The maximum Gasteiger partial charge on any atom is 0.344 e. The molecule has 37 heavy (non-hydrogen) atoms. The average molecular weight is 513 g/mol. The smallest absolute Gasteiger partial charge is 0.344 e. The van der Waals surface area contributed by atoms with E-state index in [1.54, 1.807) is 24.3 Å². The molecule has 2 amide bonds. The first-order valence-corrected chi connectivity index (χ1v) is 11.5. The number of hydrogen-bond donors (Lipinski definition) is 2. The molecule has 12 heteroatoms. The summed E-state index contributed by atoms with van der Waals surface area (Å²) in [5.74, 6) is -1.55. The van der Waals surface area contributed by atoms with E-state index in [0.29, 0.717) is 35.6 Å². The molecule has 2 unspecified atom stereocenters. The molecule has 0 bridgehead atoms. The number of methoxy groups -OCH3 is 2. The number of nitro benzene ring substituents is 1. The minimum absolute atomic E-state index is 0.0214. The number of carboxylic acids is 1. The molecule has 196 valence electrons. The lowest BCUT2D eigenvalue weighted by molar-refractivity contribution is -0.385. The molecule has 0 fully saturated rings. The van der Waals surface area contributed by atoms with Gasteiger partial charge < -0.3 is 24.8 Å². The Morgan fingerprint density at radius 3 is 2.43 bits per heavy atom. The maximum absolute atomic E-state index is 12.8. The quantitative estimate of drug-likeness (QED) is 0.188. The van der Waals surface area contributed by atoms with E-state index in [0.717, 1.165) is 0 Å². The highest BCUT2D eigenvalue weighted by Crippen LogP contribution is 2.35. The van der Waals surface area contributed by atoms with E-state index >= 15 is 0 Å². The molecule has 1 aliphatic heterocycles. The third kappa shape index (κ3) is 6.47. The Kier molecular flexibility index (Phi) is 8.90. The minimum atomic E-state index is -1.19. The molecular formula is C25H28N4O8. The highest BCUT2D eigenvalue weighted by atomic mass is 16.6. The van der Waals surface area contributed by atoms with Gasteiger partial charge in [0, 0.05) is 36.0 Å². The highest BCUT2D eigenvalue weighted by molar-refractivity contribution is 6.07. The van der Waals surface area contributed by atoms with E-state index < -0.39 is 28.9 Å². The summed E-state index contributed by atoms with van der Waals surface area (Å²) in [6.45, 7) is 1.95. The lowest BCUT2D eigenvalue weighted by Crippen LogP contribution is -2.47. The fourth-order valence-electron chi connectivity index (χ4n) is 4.20. The molecule has 2 atom stereocenters. The van der Waals surface area contributed by atoms with Gasteiger partial charge in [0.25, 0.3) is 5.69 Å². The van der Waals surface area contributed by atoms with E-state index in [1.165, 1.54) is 44.2 Å². The van der Waals surface area contributed by atoms with E-state index in [2.05, 4.69) is 10.3 Å². The standard InChI is InChI=1S/C25H28N4O8/c1-15-22(24(31)32)23(16-6-4-7-18(10-16)29(34)35)28(25(33)27-15)9-5-8-26-14-21(30)17-11-19(36-2)13-20(12-17)37-3/h4,6-7,10-13,22-23,26H,5,8-9,14H2,1-3H3,(H,31,32). The van der Waals surface area contributed by atoms with Crippen LogP contribution >= 0.6 is 0 Å². The molecule has 0 radical (unpaired) electrons. The summed E-state index contributed by atoms with van der Waals surface area (Å²) in [5.41, 5.74) is 0.667. The monoisotopic (exact) mass is 512 g/mol. The van der Waals surface area contributed by atoms with Crippen LogP contribution in [0, 0.1) is 16.0 Å². The Balaban J connectivity index is 1.69. The van der Waals surface area contributed by atoms with Crippen molar-refractivity contribution in [2.75, 3.05) is 33.9 Å². The minimum Gasteiger partial charge on any atom is -0.497 e. The van der Waals surface area contributed by atoms with Crippen LogP contribution in [0.15, 0.2) is 47.5 Å². The molecule has 12 nitrogen and oxygen atoms in total. The average Bonchev–Trinajstić information content (AvgIpc) is 2.88. The van der Waals surface area contributed by atoms with Gasteiger partial charge in [-0.15, -0.1) is 0 Å². The summed E-state index contributed by atoms with van der Waals surface area (Å²) >= 11 is 0. The van der Waals surface area contributed by atoms with E-state index in [9.17, 15) is 29.6 Å². The number of nitrogens with one attached hydrogen (secondary N) is 1. The molecule has 3 rings (SSSR count). The summed E-state index contributed by atoms with van der Waals surface area (Å²) in [6.07, 6.45) is 0.382. The number of aliphatic carboxylic acids is 1. The Bertz CT molecular complexity index is 1210. The van der Waals surface area contributed by atoms with Gasteiger partial charge in [-0.1, -0.05) is 12.1 Å². The van der Waals surface area contributed by atoms with Crippen LogP contribution in [-0.4, -0.2) is 72.3 Å². The number of benzene rings is 2. The first-order valence-electron chi connectivity index (χ1n) is 11.5. The van der Waals surface area contributed by atoms with Gasteiger partial charge in [0.05, 0.1) is 31.7 Å². The van der Waals surface area contributed by atoms with Crippen LogP contribution in [0.1, 0.15) is 35.3 Å². The number of nitrogens with zero attached hydrogens (tertiary/aromatic N) is 3. The molecule has 0 saturated heterocycles. The number of non-ortho nitro benzene ring substituents is 1. The molecular weight excluding hydrogens is 484 g/mol. The summed E-state index contributed by atoms with van der Waals surface area (Å²) < 4.78 is 10.4. The number of urea groups is 1. The van der Waals surface area contributed by atoms with Crippen LogP contribution in [0.5, 0.6) is 11.5 Å². The summed E-state index contributed by atoms with van der Waals surface area (Å²) in [6, 6.07) is 8.88. The largest absolute Gasteiger partial charge is 0.497 e. The molecule has 0 saturated carbocycles. The van der Waals surface area contributed by atoms with Crippen molar-refractivity contribution in [3.63, 3.8) is 0 Å². The van der Waals surface area contributed by atoms with Gasteiger partial charge >= 0.3 is 12.0 Å². The predicted octanol–water partition coefficient (Wildman–Crippen LogP) is 3.11. The molecule has 0 aromatic heterocycles. The second-order valence-electron chi connectivity index (χ2n) is 8.40. The van der Waals surface area contributed by atoms with Gasteiger partial charge in [0.2, 0.25) is 0 Å². The number of carboxylic acid groups (broad SMARTS) is 1. The third-order valence-electron chi connectivity index (χ3n) is 6.02. The molecule has 0 spiro atoms. The van der Waals surface area contributed by atoms with Crippen LogP contribution in [-0.2, 0) is 4.79 Å². The van der Waals surface area contributed by atoms with Gasteiger partial charge in [-0.3, -0.25) is 19.7 Å². The van der Waals surface area contributed by atoms with Crippen molar-refractivity contribution in [3.05, 3.63) is 63.7 Å². The first-order chi connectivity index (χ1) is 17.7. The van der Waals surface area contributed by atoms with Crippen LogP contribution < -0.4 is 14.8 Å². The lowest BCUT2D eigenvalue weighted by atomic mass is 9.86. The molecule has 2 N–H and O–H groups in total. The number of hydrogen-bond acceptors (Lipinski definition) is 8. The topological polar surface area (TPSA) is 161 Å². The highest BCUT2D eigenvalue weighted by Gasteiger charge is 2.42. The second kappa shape index (κ2) is 12.1. The number of rotatable bonds is 12. The fourth-order valence-corrected chi connectivity index (χ4v) is 4.20. The summed E-state index contributed by atoms with van der Waals surface area (Å²) in [7, 11) is 2.98. The van der Waals surface area contributed by atoms with Crippen molar-refractivity contribution in [1.82, 2.24) is 10.2 Å². The summed E-state index contributed by atoms with van der Waals surface area (Å²) in [5, 5.41) is 24.1. The number of aliphatic imine (C=N–C) groups is 1. The first kappa shape index (κ1) is 27.3. The SMILES string of the molecule is COc1cc(OC)cc(C(=O)CNCCCN2C(=O)N=C(C)C(C(=O)O)C2c2cccc([N+](=O)[O-])c2)c1. The Morgan fingerprint density at radius 1 is 1.16 bits per heavy atom. The Hall–Kier alpha value is -4.32. The second-order valence-corrected chi connectivity index (χ2v) is 8.40. The summed E-state index contributed by atoms with van der Waals surface area (Å²) in [4.78, 5) is 53.3. The zero-order chi connectivity index (χ0) is 27.1. The molecule has 1 heterocycles. The number of Topliss-reactive ketones (excluding diaryl/α,β-unsaturated/α-hetero) is 1. The number of nitro groups is 1. The van der Waals surface area contributed by atoms with E-state index in [1.807, 2.05) is 0 Å². The van der Waals surface area contributed by atoms with Crippen molar-refractivity contribution < 1.29 is 33.9 Å². The van der Waals surface area contributed by atoms with Crippen molar-refractivity contribution in [2.45, 2.75) is 19.4 Å². The lowest BCUT2D eigenvalue weighted by Gasteiger charge is -2.37. The number of amides is 2. The number of ether oxygens (including phenoxy) is 2. The third-order valence-corrected chi connectivity index (χ3v) is 6.02. The molecule has 1 aliphatic rings. The number of carbonyl (C=O) groups excluding carboxylic acids is 2. The van der Waals surface area contributed by atoms with Crippen LogP contribution in [0.3, 0.4) is 0 Å². The normalized spacial score (nSPS) is 17.2. The van der Waals surface area contributed by atoms with Gasteiger partial charge in [0.15, 0.2) is 5.78 Å². The van der Waals surface area contributed by atoms with Crippen molar-refractivity contribution in [3.8, 4) is 11.5 Å².